The van der Waals surface area contributed by atoms with E-state index < -0.39 is 191 Å². The lowest BCUT2D eigenvalue weighted by Crippen LogP contribution is -2.65. The second kappa shape index (κ2) is 27.0. The van der Waals surface area contributed by atoms with Gasteiger partial charge < -0.3 is 82.6 Å². The van der Waals surface area contributed by atoms with Crippen molar-refractivity contribution in [2.75, 3.05) is 7.11 Å². The molecule has 1 amide bonds. The molecule has 10 rings (SSSR count). The van der Waals surface area contributed by atoms with Crippen molar-refractivity contribution in [1.29, 1.82) is 0 Å². The molecule has 0 aromatic carbocycles. The van der Waals surface area contributed by atoms with Gasteiger partial charge in [-0.05, 0) is 108 Å². The Morgan fingerprint density at radius 1 is 0.744 bits per heavy atom. The number of nitrogens with one attached hydrogen (secondary N) is 1. The molecule has 4 aliphatic carbocycles. The van der Waals surface area contributed by atoms with Gasteiger partial charge in [-0.3, -0.25) is 24.5 Å². The Balaban J connectivity index is 0.886. The highest BCUT2D eigenvalue weighted by Gasteiger charge is 2.65. The highest BCUT2D eigenvalue weighted by Crippen LogP contribution is 2.61. The van der Waals surface area contributed by atoms with Gasteiger partial charge >= 0.3 is 12.1 Å². The summed E-state index contributed by atoms with van der Waals surface area (Å²) in [6.07, 6.45) is -0.204. The van der Waals surface area contributed by atoms with E-state index in [1.165, 1.54) is 13.0 Å². The fourth-order valence-electron chi connectivity index (χ4n) is 16.2. The van der Waals surface area contributed by atoms with E-state index in [2.05, 4.69) is 12.2 Å². The predicted molar refractivity (Wildman–Crippen MR) is 314 cm³/mol. The largest absolute Gasteiger partial charge is 0.511 e. The van der Waals surface area contributed by atoms with E-state index in [4.69, 9.17) is 56.8 Å². The third-order valence-electron chi connectivity index (χ3n) is 21.0. The Bertz CT molecular complexity index is 2910. The zero-order valence-electron chi connectivity index (χ0n) is 53.0. The van der Waals surface area contributed by atoms with Crippen LogP contribution in [0, 0.1) is 51.0 Å². The lowest BCUT2D eigenvalue weighted by atomic mass is 9.49. The van der Waals surface area contributed by atoms with Crippen molar-refractivity contribution in [2.45, 2.75) is 255 Å². The molecule has 90 heavy (non-hydrogen) atoms. The minimum atomic E-state index is -2.20. The van der Waals surface area contributed by atoms with Crippen LogP contribution in [0.3, 0.4) is 0 Å². The molecular weight excluding hydrogens is 1180 g/mol. The van der Waals surface area contributed by atoms with Crippen molar-refractivity contribution in [3.8, 4) is 0 Å². The number of carbonyl (C=O) groups excluding carboxylic acids is 5. The van der Waals surface area contributed by atoms with Gasteiger partial charge in [0.05, 0.1) is 86.6 Å². The Hall–Kier alpha value is -5.29. The summed E-state index contributed by atoms with van der Waals surface area (Å²) in [5.74, 6) is -5.96. The summed E-state index contributed by atoms with van der Waals surface area (Å²) in [6, 6.07) is -1.12. The number of alkyl carbamates (subject to hydrolysis) is 1. The van der Waals surface area contributed by atoms with Crippen LogP contribution in [0.1, 0.15) is 133 Å². The Morgan fingerprint density at radius 2 is 1.43 bits per heavy atom. The van der Waals surface area contributed by atoms with Gasteiger partial charge in [0.1, 0.15) is 29.8 Å². The SMILES string of the molecule is COC(=O)NC1C(C)OC(OC2C/C=C(\C)C3C=CC4C(OC5CC(OC6CCC(OC7CC(O)C(OC8CCC(O)C(C)O8)C(C)O7)C(C)O6)C=C(C=O)O5)C(C)CC(C)C4C3(C)/C(O)=C3/C(=O)OC4(CC(C=O)=CC(O)C4/C=C/2C)C3=O)CC1(C)[N+](=O)[O-]. The number of amides is 1. The van der Waals surface area contributed by atoms with Gasteiger partial charge in [0.25, 0.3) is 0 Å². The number of allylic oxidation sites excluding steroid dienone is 4. The van der Waals surface area contributed by atoms with Crippen molar-refractivity contribution >= 4 is 30.4 Å². The number of aliphatic hydroxyl groups excluding tert-OH is 4. The van der Waals surface area contributed by atoms with Gasteiger partial charge in [-0.15, -0.1) is 0 Å². The molecule has 10 aliphatic rings. The Kier molecular flexibility index (Phi) is 20.3. The fraction of sp³-hybridized carbons (Fsp3) is 0.738. The number of Topliss-reactive ketones (excluding diaryl/α,β-unsaturated/α-hetero) is 1. The van der Waals surface area contributed by atoms with Gasteiger partial charge in [-0.1, -0.05) is 50.6 Å². The van der Waals surface area contributed by atoms with Crippen LogP contribution in [0.2, 0.25) is 0 Å². The lowest BCUT2D eigenvalue weighted by Gasteiger charge is -2.56. The molecule has 6 fully saturated rings. The third-order valence-corrected chi connectivity index (χ3v) is 21.0. The zero-order valence-corrected chi connectivity index (χ0v) is 53.0. The summed E-state index contributed by atoms with van der Waals surface area (Å²) in [5, 5.41) is 61.8. The van der Waals surface area contributed by atoms with Gasteiger partial charge in [0.15, 0.2) is 42.8 Å². The van der Waals surface area contributed by atoms with Gasteiger partial charge in [-0.25, -0.2) is 9.59 Å². The van der Waals surface area contributed by atoms with E-state index in [1.807, 2.05) is 52.8 Å². The first-order valence-corrected chi connectivity index (χ1v) is 31.8. The second-order valence-electron chi connectivity index (χ2n) is 27.1. The van der Waals surface area contributed by atoms with Crippen LogP contribution in [-0.4, -0.2) is 185 Å². The highest BCUT2D eigenvalue weighted by atomic mass is 16.7. The summed E-state index contributed by atoms with van der Waals surface area (Å²) in [6.45, 7) is 17.9. The molecule has 27 unspecified atom stereocenters. The first-order valence-electron chi connectivity index (χ1n) is 31.8. The Labute approximate surface area is 523 Å². The number of ketones is 1. The number of fused-ring (bicyclic) bond motifs is 4. The van der Waals surface area contributed by atoms with Gasteiger partial charge in [0.2, 0.25) is 17.6 Å². The lowest BCUT2D eigenvalue weighted by molar-refractivity contribution is -0.584. The number of carbonyl (C=O) groups is 5. The van der Waals surface area contributed by atoms with Crippen LogP contribution in [0.15, 0.2) is 70.3 Å². The molecule has 5 saturated heterocycles. The maximum Gasteiger partial charge on any atom is 0.407 e. The molecule has 27 atom stereocenters. The number of nitrogens with zero attached hydrogens (tertiary/aromatic N) is 1. The van der Waals surface area contributed by atoms with Crippen LogP contribution in [0.5, 0.6) is 0 Å². The highest BCUT2D eigenvalue weighted by molar-refractivity contribution is 6.26. The molecule has 2 bridgehead atoms. The molecule has 0 radical (unpaired) electrons. The average Bonchev–Trinajstić information content (AvgIpc) is 1.73. The number of nitro groups is 1. The summed E-state index contributed by atoms with van der Waals surface area (Å²) >= 11 is 0. The number of esters is 1. The number of hydrogen-bond acceptors (Lipinski definition) is 23. The zero-order chi connectivity index (χ0) is 65.1. The molecule has 498 valence electrons. The molecule has 6 aliphatic heterocycles. The quantitative estimate of drug-likeness (QED) is 0.0326. The number of rotatable bonds is 14. The Morgan fingerprint density at radius 3 is 2.11 bits per heavy atom. The van der Waals surface area contributed by atoms with Crippen LogP contribution >= 0.6 is 0 Å². The number of methoxy groups -OCH3 is 1. The maximum absolute atomic E-state index is 15.5. The van der Waals surface area contributed by atoms with E-state index in [0.29, 0.717) is 55.8 Å². The molecule has 0 aromatic rings. The molecule has 25 heteroatoms. The minimum absolute atomic E-state index is 0.000102. The predicted octanol–water partition coefficient (Wildman–Crippen LogP) is 6.12. The topological polar surface area (TPSA) is 332 Å². The van der Waals surface area contributed by atoms with Crippen molar-refractivity contribution in [1.82, 2.24) is 5.32 Å². The van der Waals surface area contributed by atoms with E-state index >= 15 is 4.79 Å². The van der Waals surface area contributed by atoms with Crippen LogP contribution < -0.4 is 5.32 Å². The van der Waals surface area contributed by atoms with Crippen molar-refractivity contribution in [3.05, 3.63) is 80.4 Å². The maximum atomic E-state index is 15.5. The normalized spacial score (nSPS) is 47.6. The van der Waals surface area contributed by atoms with E-state index in [1.54, 1.807) is 32.9 Å². The number of aliphatic hydroxyl groups is 4. The number of ether oxygens (including phenoxy) is 12. The minimum Gasteiger partial charge on any atom is -0.511 e. The molecule has 25 nitrogen and oxygen atoms in total. The molecule has 6 heterocycles. The van der Waals surface area contributed by atoms with Gasteiger partial charge in [0, 0.05) is 61.2 Å². The number of hydrogen-bond donors (Lipinski definition) is 5. The first kappa shape index (κ1) is 67.6. The van der Waals surface area contributed by atoms with Crippen LogP contribution in [0.25, 0.3) is 0 Å². The first-order chi connectivity index (χ1) is 42.6. The molecule has 0 aromatic heterocycles. The van der Waals surface area contributed by atoms with E-state index in [-0.39, 0.29) is 48.9 Å². The summed E-state index contributed by atoms with van der Waals surface area (Å²) in [4.78, 5) is 80.1. The van der Waals surface area contributed by atoms with Gasteiger partial charge in [-0.2, -0.15) is 0 Å². The van der Waals surface area contributed by atoms with Crippen molar-refractivity contribution < 1.29 is 106 Å². The van der Waals surface area contributed by atoms with E-state index in [9.17, 15) is 49.7 Å². The molecule has 5 N–H and O–H groups in total. The molecule has 1 saturated carbocycles. The van der Waals surface area contributed by atoms with E-state index in [0.717, 1.165) is 7.11 Å². The average molecular weight is 1270 g/mol. The summed E-state index contributed by atoms with van der Waals surface area (Å²) in [5.41, 5.74) is -4.92. The summed E-state index contributed by atoms with van der Waals surface area (Å²) < 4.78 is 74.6. The standard InChI is InChI=1S/C65H90N2O23/c1-30-12-16-47(86-53-27-63(9,67(77)78)58(37(8)83-53)66-62(76)79-11)31(2)21-43-45(71)22-38(28-68)26-65(43)60(74)54(61(75)90-65)59(73)64(10)42(30)14-13-41-55(64)32(3)20-33(4)56(41)89-51-24-39(23-40(29-69)85-51)84-49-19-17-48(35(6)81-49)87-52-25-46(72)57(36(7)82-52)88-50-18-15-44(70)34(5)80-50/h12-14,21-23,28-29,32-37,39,41-53,55-58,70-73H,15-20,24-27H2,1-11H3,(H,66,76)/b30-12+,31-21+,59-54-. The monoisotopic (exact) mass is 1270 g/mol. The molecule has 1 spiro atoms. The number of aldehydes is 2. The molecular formula is C65H90N2O23. The van der Waals surface area contributed by atoms with Crippen LogP contribution in [0.4, 0.5) is 4.79 Å². The third kappa shape index (κ3) is 13.0. The van der Waals surface area contributed by atoms with Crippen molar-refractivity contribution in [3.63, 3.8) is 0 Å². The smallest absolute Gasteiger partial charge is 0.407 e. The fourth-order valence-corrected chi connectivity index (χ4v) is 16.2. The van der Waals surface area contributed by atoms with Crippen molar-refractivity contribution in [2.24, 2.45) is 40.9 Å². The van der Waals surface area contributed by atoms with Crippen LogP contribution in [-0.2, 0) is 76.0 Å². The summed E-state index contributed by atoms with van der Waals surface area (Å²) in [7, 11) is 1.14. The second-order valence-corrected chi connectivity index (χ2v) is 27.1.